The second kappa shape index (κ2) is 8.59. The summed E-state index contributed by atoms with van der Waals surface area (Å²) in [5, 5.41) is 1.82. The van der Waals surface area contributed by atoms with Crippen molar-refractivity contribution in [2.24, 2.45) is 5.92 Å². The first kappa shape index (κ1) is 24.4. The molecule has 0 aromatic carbocycles. The fraction of sp³-hybridized carbons (Fsp3) is 0.909. The van der Waals surface area contributed by atoms with Crippen molar-refractivity contribution in [3.63, 3.8) is 0 Å². The van der Waals surface area contributed by atoms with Gasteiger partial charge in [-0.05, 0) is 48.5 Å². The summed E-state index contributed by atoms with van der Waals surface area (Å²) in [5.41, 5.74) is -0.816. The van der Waals surface area contributed by atoms with Gasteiger partial charge in [0.25, 0.3) is 0 Å². The monoisotopic (exact) mass is 443 g/mol. The van der Waals surface area contributed by atoms with Crippen LogP contribution in [0, 0.1) is 5.92 Å². The minimum absolute atomic E-state index is 0.255. The number of rotatable bonds is 4. The number of hydrogen-bond acceptors (Lipinski definition) is 9. The number of hydrogen-bond donors (Lipinski definition) is 0. The number of carbonyl (C=O) groups is 2. The predicted octanol–water partition coefficient (Wildman–Crippen LogP) is 2.21. The number of nitrogens with zero attached hydrogens (tertiary/aromatic N) is 1. The van der Waals surface area contributed by atoms with Crippen molar-refractivity contribution in [3.8, 4) is 0 Å². The van der Waals surface area contributed by atoms with E-state index in [2.05, 4.69) is 0 Å². The molecule has 178 valence electrons. The molecule has 0 saturated carbocycles. The molecule has 3 aliphatic rings. The van der Waals surface area contributed by atoms with Crippen molar-refractivity contribution in [1.29, 1.82) is 0 Å². The Labute approximate surface area is 184 Å². The van der Waals surface area contributed by atoms with Gasteiger partial charge in [0.1, 0.15) is 12.2 Å². The number of esters is 2. The van der Waals surface area contributed by atoms with Crippen molar-refractivity contribution >= 4 is 11.9 Å². The summed E-state index contributed by atoms with van der Waals surface area (Å²) in [7, 11) is 0. The van der Waals surface area contributed by atoms with Crippen LogP contribution < -0.4 is 0 Å². The molecule has 0 radical (unpaired) electrons. The Kier molecular flexibility index (Phi) is 6.76. The molecule has 3 heterocycles. The summed E-state index contributed by atoms with van der Waals surface area (Å²) in [6, 6.07) is -0.300. The maximum Gasteiger partial charge on any atom is 0.303 e. The van der Waals surface area contributed by atoms with E-state index in [9.17, 15) is 9.59 Å². The first-order chi connectivity index (χ1) is 14.2. The predicted molar refractivity (Wildman–Crippen MR) is 110 cm³/mol. The molecule has 9 heteroatoms. The molecule has 3 aliphatic heterocycles. The van der Waals surface area contributed by atoms with E-state index >= 15 is 0 Å². The summed E-state index contributed by atoms with van der Waals surface area (Å²) in [6.07, 6.45) is -3.23. The molecule has 3 saturated heterocycles. The zero-order chi connectivity index (χ0) is 23.3. The molecular formula is C22H37NO8. The summed E-state index contributed by atoms with van der Waals surface area (Å²) >= 11 is 0. The van der Waals surface area contributed by atoms with Gasteiger partial charge in [0.15, 0.2) is 18.5 Å². The molecule has 0 spiro atoms. The quantitative estimate of drug-likeness (QED) is 0.606. The molecule has 3 fully saturated rings. The van der Waals surface area contributed by atoms with E-state index in [0.29, 0.717) is 6.54 Å². The van der Waals surface area contributed by atoms with Crippen molar-refractivity contribution in [2.45, 2.75) is 116 Å². The molecule has 0 N–H and O–H groups in total. The Morgan fingerprint density at radius 3 is 1.94 bits per heavy atom. The van der Waals surface area contributed by atoms with Crippen LogP contribution in [0.15, 0.2) is 0 Å². The topological polar surface area (TPSA) is 92.8 Å². The third-order valence-corrected chi connectivity index (χ3v) is 5.46. The maximum atomic E-state index is 12.0. The molecular weight excluding hydrogens is 406 g/mol. The van der Waals surface area contributed by atoms with Gasteiger partial charge in [-0.2, -0.15) is 5.06 Å². The summed E-state index contributed by atoms with van der Waals surface area (Å²) in [4.78, 5) is 29.9. The van der Waals surface area contributed by atoms with Crippen molar-refractivity contribution in [2.75, 3.05) is 6.54 Å². The van der Waals surface area contributed by atoms with Crippen LogP contribution in [0.2, 0.25) is 0 Å². The van der Waals surface area contributed by atoms with Gasteiger partial charge in [0.2, 0.25) is 0 Å². The van der Waals surface area contributed by atoms with Crippen LogP contribution in [0.25, 0.3) is 0 Å². The number of ether oxygens (including phenoxy) is 5. The summed E-state index contributed by atoms with van der Waals surface area (Å²) < 4.78 is 30.1. The zero-order valence-corrected chi connectivity index (χ0v) is 20.0. The largest absolute Gasteiger partial charge is 0.458 e. The standard InChI is InChI=1S/C22H37NO8/c1-11-17(27-12(2)24)19(28-13(3)25)15-16-18(30-22(7,8)9)14(29-21(4,5)6)10-23(16)31-20(15)26-11/h11,14-20H,10H2,1-9H3/t11-,14-,15-,16-,17-,18+,19-,20-/m0/s1. The maximum absolute atomic E-state index is 12.0. The van der Waals surface area contributed by atoms with Gasteiger partial charge >= 0.3 is 11.9 Å². The van der Waals surface area contributed by atoms with Gasteiger partial charge in [-0.1, -0.05) is 0 Å². The third kappa shape index (κ3) is 5.57. The second-order valence-corrected chi connectivity index (χ2v) is 10.6. The Hall–Kier alpha value is -1.26. The third-order valence-electron chi connectivity index (χ3n) is 5.46. The molecule has 0 bridgehead atoms. The number of carbonyl (C=O) groups excluding carboxylic acids is 2. The molecule has 0 aromatic rings. The molecule has 9 nitrogen and oxygen atoms in total. The smallest absolute Gasteiger partial charge is 0.303 e. The van der Waals surface area contributed by atoms with Crippen molar-refractivity contribution in [1.82, 2.24) is 5.06 Å². The van der Waals surface area contributed by atoms with E-state index < -0.39 is 48.1 Å². The molecule has 0 amide bonds. The minimum atomic E-state index is -0.746. The van der Waals surface area contributed by atoms with Gasteiger partial charge in [0, 0.05) is 13.8 Å². The Morgan fingerprint density at radius 2 is 1.42 bits per heavy atom. The van der Waals surface area contributed by atoms with E-state index in [1.807, 2.05) is 46.6 Å². The van der Waals surface area contributed by atoms with E-state index in [1.54, 1.807) is 6.92 Å². The minimum Gasteiger partial charge on any atom is -0.458 e. The van der Waals surface area contributed by atoms with E-state index in [1.165, 1.54) is 13.8 Å². The first-order valence-electron chi connectivity index (χ1n) is 11.0. The van der Waals surface area contributed by atoms with Crippen LogP contribution in [0.4, 0.5) is 0 Å². The van der Waals surface area contributed by atoms with Crippen LogP contribution >= 0.6 is 0 Å². The summed E-state index contributed by atoms with van der Waals surface area (Å²) in [5.74, 6) is -1.33. The molecule has 0 aromatic heterocycles. The van der Waals surface area contributed by atoms with Crippen LogP contribution in [-0.2, 0) is 38.1 Å². The van der Waals surface area contributed by atoms with Gasteiger partial charge in [-0.3, -0.25) is 14.4 Å². The Bertz CT molecular complexity index is 684. The van der Waals surface area contributed by atoms with Crippen LogP contribution in [0.3, 0.4) is 0 Å². The lowest BCUT2D eigenvalue weighted by Crippen LogP contribution is -2.59. The molecule has 0 unspecified atom stereocenters. The molecule has 0 aliphatic carbocycles. The van der Waals surface area contributed by atoms with Crippen molar-refractivity contribution < 1.29 is 38.1 Å². The first-order valence-corrected chi connectivity index (χ1v) is 11.0. The van der Waals surface area contributed by atoms with E-state index in [-0.39, 0.29) is 23.9 Å². The van der Waals surface area contributed by atoms with Crippen molar-refractivity contribution in [3.05, 3.63) is 0 Å². The van der Waals surface area contributed by atoms with Crippen LogP contribution in [0.1, 0.15) is 62.3 Å². The SMILES string of the molecule is CC(=O)O[C@@H]1[C@@H](OC(C)=O)[C@H](C)O[C@H]2ON3C[C@H](OC(C)(C)C)[C@@H](OC(C)(C)C)[C@@H]3[C@H]21. The van der Waals surface area contributed by atoms with E-state index in [0.717, 1.165) is 0 Å². The van der Waals surface area contributed by atoms with Crippen LogP contribution in [0.5, 0.6) is 0 Å². The zero-order valence-electron chi connectivity index (χ0n) is 20.0. The normalized spacial score (nSPS) is 38.5. The highest BCUT2D eigenvalue weighted by atomic mass is 16.8. The highest BCUT2D eigenvalue weighted by molar-refractivity contribution is 5.67. The summed E-state index contributed by atoms with van der Waals surface area (Å²) in [6.45, 7) is 16.9. The lowest BCUT2D eigenvalue weighted by Gasteiger charge is -2.43. The van der Waals surface area contributed by atoms with E-state index in [4.69, 9.17) is 28.5 Å². The lowest BCUT2D eigenvalue weighted by molar-refractivity contribution is -0.297. The number of hydroxylamine groups is 2. The van der Waals surface area contributed by atoms with Gasteiger partial charge in [-0.25, -0.2) is 0 Å². The second-order valence-electron chi connectivity index (χ2n) is 10.6. The highest BCUT2D eigenvalue weighted by Crippen LogP contribution is 2.46. The highest BCUT2D eigenvalue weighted by Gasteiger charge is 2.64. The number of fused-ring (bicyclic) bond motifs is 3. The average molecular weight is 444 g/mol. The Morgan fingerprint density at radius 1 is 0.871 bits per heavy atom. The molecule has 3 rings (SSSR count). The van der Waals surface area contributed by atoms with Gasteiger partial charge in [-0.15, -0.1) is 0 Å². The fourth-order valence-electron chi connectivity index (χ4n) is 4.72. The molecule has 8 atom stereocenters. The molecule has 31 heavy (non-hydrogen) atoms. The fourth-order valence-corrected chi connectivity index (χ4v) is 4.72. The van der Waals surface area contributed by atoms with Crippen LogP contribution in [-0.4, -0.2) is 77.6 Å². The lowest BCUT2D eigenvalue weighted by atomic mass is 9.83. The average Bonchev–Trinajstić information content (AvgIpc) is 3.03. The Balaban J connectivity index is 1.96. The van der Waals surface area contributed by atoms with Gasteiger partial charge < -0.3 is 23.7 Å². The van der Waals surface area contributed by atoms with Gasteiger partial charge in [0.05, 0.1) is 35.8 Å².